The Hall–Kier alpha value is -0.833. The van der Waals surface area contributed by atoms with E-state index in [0.717, 1.165) is 5.19 Å². The summed E-state index contributed by atoms with van der Waals surface area (Å²) in [4.78, 5) is 0. The van der Waals surface area contributed by atoms with Crippen LogP contribution >= 0.6 is 0 Å². The van der Waals surface area contributed by atoms with Gasteiger partial charge in [-0.1, -0.05) is 31.8 Å². The third-order valence-electron chi connectivity index (χ3n) is 1.98. The number of rotatable bonds is 2. The van der Waals surface area contributed by atoms with Crippen molar-refractivity contribution in [3.05, 3.63) is 24.0 Å². The van der Waals surface area contributed by atoms with Crippen LogP contribution in [0, 0.1) is 5.82 Å². The molecule has 0 N–H and O–H groups in total. The summed E-state index contributed by atoms with van der Waals surface area (Å²) >= 11 is 0. The Morgan fingerprint density at radius 1 is 1.23 bits per heavy atom. The molecule has 0 atom stereocenters. The Morgan fingerprint density at radius 2 is 1.85 bits per heavy atom. The molecule has 0 radical (unpaired) electrons. The van der Waals surface area contributed by atoms with Gasteiger partial charge in [0.2, 0.25) is 0 Å². The molecule has 0 aromatic heterocycles. The van der Waals surface area contributed by atoms with E-state index in [4.69, 9.17) is 4.74 Å². The predicted molar refractivity (Wildman–Crippen MR) is 55.9 cm³/mol. The van der Waals surface area contributed by atoms with E-state index in [2.05, 4.69) is 19.6 Å². The number of methoxy groups -OCH3 is 1. The van der Waals surface area contributed by atoms with Crippen LogP contribution in [0.5, 0.6) is 5.75 Å². The first kappa shape index (κ1) is 10.2. The summed E-state index contributed by atoms with van der Waals surface area (Å²) in [7, 11) is 0.0207. The number of halogens is 1. The number of benzene rings is 1. The second-order valence-corrected chi connectivity index (χ2v) is 9.11. The topological polar surface area (TPSA) is 9.23 Å². The minimum Gasteiger partial charge on any atom is -0.494 e. The van der Waals surface area contributed by atoms with Crippen LogP contribution in [-0.2, 0) is 0 Å². The summed E-state index contributed by atoms with van der Waals surface area (Å²) in [6.07, 6.45) is 0. The van der Waals surface area contributed by atoms with E-state index in [-0.39, 0.29) is 5.82 Å². The van der Waals surface area contributed by atoms with Gasteiger partial charge in [0.1, 0.15) is 0 Å². The fourth-order valence-corrected chi connectivity index (χ4v) is 2.81. The molecule has 1 nitrogen and oxygen atoms in total. The van der Waals surface area contributed by atoms with Crippen molar-refractivity contribution < 1.29 is 9.13 Å². The minimum atomic E-state index is -1.50. The van der Waals surface area contributed by atoms with E-state index in [1.165, 1.54) is 13.2 Å². The molecule has 0 heterocycles. The summed E-state index contributed by atoms with van der Waals surface area (Å²) in [6.45, 7) is 6.51. The van der Waals surface area contributed by atoms with E-state index in [1.807, 2.05) is 6.07 Å². The van der Waals surface area contributed by atoms with Crippen molar-refractivity contribution in [2.75, 3.05) is 7.11 Å². The zero-order chi connectivity index (χ0) is 10.1. The summed E-state index contributed by atoms with van der Waals surface area (Å²) in [5.41, 5.74) is 0. The van der Waals surface area contributed by atoms with Crippen molar-refractivity contribution in [1.82, 2.24) is 0 Å². The molecule has 0 unspecified atom stereocenters. The van der Waals surface area contributed by atoms with E-state index in [0.29, 0.717) is 5.75 Å². The molecule has 0 aliphatic rings. The summed E-state index contributed by atoms with van der Waals surface area (Å²) < 4.78 is 18.3. The molecule has 1 rings (SSSR count). The molecule has 1 aromatic rings. The second-order valence-electron chi connectivity index (χ2n) is 4.07. The van der Waals surface area contributed by atoms with Gasteiger partial charge in [-0.15, -0.1) is 0 Å². The Labute approximate surface area is 79.6 Å². The van der Waals surface area contributed by atoms with Gasteiger partial charge < -0.3 is 4.74 Å². The van der Waals surface area contributed by atoms with Gasteiger partial charge in [-0.05, 0) is 11.3 Å². The Balaban J connectivity index is 3.29. The molecular weight excluding hydrogens is 183 g/mol. The second kappa shape index (κ2) is 3.50. The SMILES string of the molecule is COc1c(F)cccc1[Si](C)(C)C. The fraction of sp³-hybridized carbons (Fsp3) is 0.400. The Bertz CT molecular complexity index is 304. The summed E-state index contributed by atoms with van der Waals surface area (Å²) in [5.74, 6) is 0.157. The van der Waals surface area contributed by atoms with Gasteiger partial charge in [0, 0.05) is 0 Å². The van der Waals surface area contributed by atoms with Gasteiger partial charge in [0.05, 0.1) is 15.2 Å². The van der Waals surface area contributed by atoms with Crippen molar-refractivity contribution >= 4 is 13.3 Å². The monoisotopic (exact) mass is 198 g/mol. The average Bonchev–Trinajstić information content (AvgIpc) is 2.02. The van der Waals surface area contributed by atoms with Crippen LogP contribution in [-0.4, -0.2) is 15.2 Å². The summed E-state index contributed by atoms with van der Waals surface area (Å²) in [5, 5.41) is 1.04. The molecule has 0 spiro atoms. The largest absolute Gasteiger partial charge is 0.494 e. The quantitative estimate of drug-likeness (QED) is 0.663. The van der Waals surface area contributed by atoms with Gasteiger partial charge >= 0.3 is 0 Å². The maximum atomic E-state index is 13.3. The zero-order valence-corrected chi connectivity index (χ0v) is 9.52. The Morgan fingerprint density at radius 3 is 2.23 bits per heavy atom. The van der Waals surface area contributed by atoms with Gasteiger partial charge in [-0.2, -0.15) is 0 Å². The lowest BCUT2D eigenvalue weighted by Crippen LogP contribution is -2.38. The normalized spacial score (nSPS) is 11.5. The first-order chi connectivity index (χ1) is 5.96. The third kappa shape index (κ3) is 2.09. The number of para-hydroxylation sites is 1. The van der Waals surface area contributed by atoms with Gasteiger partial charge in [0.15, 0.2) is 11.6 Å². The first-order valence-corrected chi connectivity index (χ1v) is 7.80. The molecule has 0 saturated carbocycles. The highest BCUT2D eigenvalue weighted by Crippen LogP contribution is 2.17. The molecule has 1 aromatic carbocycles. The highest BCUT2D eigenvalue weighted by molar-refractivity contribution is 6.89. The van der Waals surface area contributed by atoms with Crippen molar-refractivity contribution in [2.24, 2.45) is 0 Å². The molecule has 3 heteroatoms. The van der Waals surface area contributed by atoms with Crippen molar-refractivity contribution in [1.29, 1.82) is 0 Å². The van der Waals surface area contributed by atoms with E-state index >= 15 is 0 Å². The lowest BCUT2D eigenvalue weighted by Gasteiger charge is -2.19. The molecule has 0 fully saturated rings. The maximum absolute atomic E-state index is 13.3. The molecule has 0 aliphatic carbocycles. The van der Waals surface area contributed by atoms with Crippen molar-refractivity contribution in [2.45, 2.75) is 19.6 Å². The number of ether oxygens (including phenoxy) is 1. The molecule has 72 valence electrons. The van der Waals surface area contributed by atoms with Crippen LogP contribution in [0.4, 0.5) is 4.39 Å². The predicted octanol–water partition coefficient (Wildman–Crippen LogP) is 2.38. The highest BCUT2D eigenvalue weighted by atomic mass is 28.3. The molecule has 0 saturated heterocycles. The molecule has 13 heavy (non-hydrogen) atoms. The van der Waals surface area contributed by atoms with Crippen molar-refractivity contribution in [3.63, 3.8) is 0 Å². The average molecular weight is 198 g/mol. The maximum Gasteiger partial charge on any atom is 0.164 e. The molecular formula is C10H15FOSi. The van der Waals surface area contributed by atoms with Crippen LogP contribution in [0.15, 0.2) is 18.2 Å². The number of hydrogen-bond acceptors (Lipinski definition) is 1. The molecule has 0 amide bonds. The van der Waals surface area contributed by atoms with Crippen LogP contribution in [0.1, 0.15) is 0 Å². The first-order valence-electron chi connectivity index (χ1n) is 4.30. The van der Waals surface area contributed by atoms with Gasteiger partial charge in [-0.3, -0.25) is 0 Å². The van der Waals surface area contributed by atoms with Gasteiger partial charge in [0.25, 0.3) is 0 Å². The van der Waals surface area contributed by atoms with E-state index < -0.39 is 8.07 Å². The van der Waals surface area contributed by atoms with E-state index in [1.54, 1.807) is 6.07 Å². The smallest absolute Gasteiger partial charge is 0.164 e. The lowest BCUT2D eigenvalue weighted by molar-refractivity contribution is 0.390. The summed E-state index contributed by atoms with van der Waals surface area (Å²) in [6, 6.07) is 5.13. The minimum absolute atomic E-state index is 0.262. The van der Waals surface area contributed by atoms with Crippen molar-refractivity contribution in [3.8, 4) is 5.75 Å². The van der Waals surface area contributed by atoms with Gasteiger partial charge in [-0.25, -0.2) is 4.39 Å². The highest BCUT2D eigenvalue weighted by Gasteiger charge is 2.22. The number of hydrogen-bond donors (Lipinski definition) is 0. The molecule has 0 aliphatic heterocycles. The standard InChI is InChI=1S/C10H15FOSi/c1-12-10-8(11)6-5-7-9(10)13(2,3)4/h5-7H,1-4H3. The fourth-order valence-electron chi connectivity index (χ4n) is 1.31. The van der Waals surface area contributed by atoms with Crippen LogP contribution in [0.2, 0.25) is 19.6 Å². The van der Waals surface area contributed by atoms with E-state index in [9.17, 15) is 4.39 Å². The lowest BCUT2D eigenvalue weighted by atomic mass is 10.3. The van der Waals surface area contributed by atoms with Crippen LogP contribution in [0.3, 0.4) is 0 Å². The Kier molecular flexibility index (Phi) is 2.76. The van der Waals surface area contributed by atoms with Crippen LogP contribution < -0.4 is 9.92 Å². The zero-order valence-electron chi connectivity index (χ0n) is 8.52. The molecule has 0 bridgehead atoms. The third-order valence-corrected chi connectivity index (χ3v) is 3.99. The van der Waals surface area contributed by atoms with Crippen LogP contribution in [0.25, 0.3) is 0 Å².